The summed E-state index contributed by atoms with van der Waals surface area (Å²) >= 11 is 0. The third-order valence-electron chi connectivity index (χ3n) is 6.41. The van der Waals surface area contributed by atoms with E-state index in [9.17, 15) is 14.7 Å². The zero-order valence-electron chi connectivity index (χ0n) is 18.5. The highest BCUT2D eigenvalue weighted by molar-refractivity contribution is 5.88. The fourth-order valence-corrected chi connectivity index (χ4v) is 4.19. The Bertz CT molecular complexity index is 664. The number of rotatable bonds is 3. The van der Waals surface area contributed by atoms with Gasteiger partial charge in [0.2, 0.25) is 0 Å². The molecule has 0 aromatic heterocycles. The number of aliphatic hydroxyl groups is 1. The van der Waals surface area contributed by atoms with E-state index in [-0.39, 0.29) is 17.6 Å². The summed E-state index contributed by atoms with van der Waals surface area (Å²) in [4.78, 5) is 23.7. The quantitative estimate of drug-likeness (QED) is 0.330. The summed E-state index contributed by atoms with van der Waals surface area (Å²) in [6.07, 6.45) is 6.30. The standard InChI is InChI=1S/C23H36O6/c1-15-8-7-12-23(5)20(29-23)14-18(16(2)21(25)27-6)11-13-22(4,26)19(10-9-15)28-17(3)24/h8,18-20,26H,2,7,9-14H2,1,3-6H3/b15-8-/t18-,19+,20+,22-,23+/m1/s1. The number of epoxide rings is 1. The fourth-order valence-electron chi connectivity index (χ4n) is 4.19. The van der Waals surface area contributed by atoms with E-state index in [1.807, 2.05) is 0 Å². The molecule has 2 aliphatic rings. The topological polar surface area (TPSA) is 85.4 Å². The molecule has 0 aromatic carbocycles. The minimum atomic E-state index is -1.21. The molecule has 1 fully saturated rings. The molecular weight excluding hydrogens is 372 g/mol. The van der Waals surface area contributed by atoms with E-state index in [1.54, 1.807) is 6.92 Å². The molecular formula is C23H36O6. The Morgan fingerprint density at radius 3 is 2.59 bits per heavy atom. The van der Waals surface area contributed by atoms with Crippen molar-refractivity contribution in [1.82, 2.24) is 0 Å². The minimum Gasteiger partial charge on any atom is -0.466 e. The van der Waals surface area contributed by atoms with Gasteiger partial charge in [-0.3, -0.25) is 4.79 Å². The molecule has 6 heteroatoms. The first-order chi connectivity index (χ1) is 13.5. The molecule has 2 rings (SSSR count). The monoisotopic (exact) mass is 408 g/mol. The van der Waals surface area contributed by atoms with Gasteiger partial charge >= 0.3 is 11.9 Å². The molecule has 1 heterocycles. The molecule has 1 N–H and O–H groups in total. The molecule has 1 saturated heterocycles. The number of methoxy groups -OCH3 is 1. The van der Waals surface area contributed by atoms with E-state index in [2.05, 4.69) is 26.5 Å². The number of carbonyl (C=O) groups is 2. The number of allylic oxidation sites excluding steroid dienone is 2. The molecule has 0 spiro atoms. The van der Waals surface area contributed by atoms with Crippen molar-refractivity contribution in [3.63, 3.8) is 0 Å². The van der Waals surface area contributed by atoms with Gasteiger partial charge in [0, 0.05) is 12.5 Å². The van der Waals surface area contributed by atoms with Crippen molar-refractivity contribution in [1.29, 1.82) is 0 Å². The molecule has 1 aliphatic heterocycles. The number of carbonyl (C=O) groups excluding carboxylic acids is 2. The third-order valence-corrected chi connectivity index (χ3v) is 6.41. The molecule has 6 nitrogen and oxygen atoms in total. The highest BCUT2D eigenvalue weighted by Gasteiger charge is 2.52. The number of fused-ring (bicyclic) bond motifs is 1. The van der Waals surface area contributed by atoms with Crippen molar-refractivity contribution in [3.05, 3.63) is 23.8 Å². The van der Waals surface area contributed by atoms with Crippen molar-refractivity contribution in [3.8, 4) is 0 Å². The average molecular weight is 409 g/mol. The fraction of sp³-hybridized carbons (Fsp3) is 0.739. The lowest BCUT2D eigenvalue weighted by molar-refractivity contribution is -0.163. The van der Waals surface area contributed by atoms with Gasteiger partial charge in [-0.25, -0.2) is 4.79 Å². The summed E-state index contributed by atoms with van der Waals surface area (Å²) in [5.74, 6) is -1.01. The van der Waals surface area contributed by atoms with Crippen molar-refractivity contribution < 1.29 is 28.9 Å². The van der Waals surface area contributed by atoms with Gasteiger partial charge in [-0.05, 0) is 71.6 Å². The summed E-state index contributed by atoms with van der Waals surface area (Å²) in [6.45, 7) is 11.2. The molecule has 5 atom stereocenters. The average Bonchev–Trinajstić information content (AvgIpc) is 3.28. The van der Waals surface area contributed by atoms with Gasteiger partial charge in [-0.1, -0.05) is 18.2 Å². The van der Waals surface area contributed by atoms with Crippen molar-refractivity contribution in [2.24, 2.45) is 5.92 Å². The Labute approximate surface area is 174 Å². The van der Waals surface area contributed by atoms with Gasteiger partial charge in [0.15, 0.2) is 0 Å². The summed E-state index contributed by atoms with van der Waals surface area (Å²) in [7, 11) is 1.34. The van der Waals surface area contributed by atoms with Gasteiger partial charge in [0.1, 0.15) is 6.10 Å². The second-order valence-corrected chi connectivity index (χ2v) is 8.99. The molecule has 1 aliphatic carbocycles. The highest BCUT2D eigenvalue weighted by atomic mass is 16.6. The maximum absolute atomic E-state index is 12.1. The highest BCUT2D eigenvalue weighted by Crippen LogP contribution is 2.46. The van der Waals surface area contributed by atoms with Gasteiger partial charge in [-0.15, -0.1) is 0 Å². The van der Waals surface area contributed by atoms with E-state index >= 15 is 0 Å². The predicted octanol–water partition coefficient (Wildman–Crippen LogP) is 3.86. The van der Waals surface area contributed by atoms with E-state index in [0.29, 0.717) is 31.3 Å². The van der Waals surface area contributed by atoms with Crippen LogP contribution in [0.3, 0.4) is 0 Å². The van der Waals surface area contributed by atoms with Gasteiger partial charge in [-0.2, -0.15) is 0 Å². The van der Waals surface area contributed by atoms with Gasteiger partial charge < -0.3 is 19.3 Å². The van der Waals surface area contributed by atoms with Crippen LogP contribution in [0.5, 0.6) is 0 Å². The zero-order valence-corrected chi connectivity index (χ0v) is 18.5. The molecule has 0 aromatic rings. The molecule has 0 amide bonds. The first kappa shape index (κ1) is 23.6. The van der Waals surface area contributed by atoms with Crippen molar-refractivity contribution >= 4 is 11.9 Å². The number of hydrogen-bond acceptors (Lipinski definition) is 6. The Balaban J connectivity index is 2.25. The minimum absolute atomic E-state index is 0.0553. The normalized spacial score (nSPS) is 37.9. The zero-order chi connectivity index (χ0) is 21.8. The molecule has 164 valence electrons. The van der Waals surface area contributed by atoms with Crippen LogP contribution in [0.2, 0.25) is 0 Å². The molecule has 0 unspecified atom stereocenters. The third kappa shape index (κ3) is 6.41. The van der Waals surface area contributed by atoms with Crippen LogP contribution in [0.4, 0.5) is 0 Å². The SMILES string of the molecule is C=C(C(=O)OC)[C@@H]1CC[C@@](C)(O)[C@@H](OC(C)=O)CC/C(C)=C\CC[C@]2(C)O[C@H]2C1. The van der Waals surface area contributed by atoms with Crippen molar-refractivity contribution in [2.75, 3.05) is 7.11 Å². The van der Waals surface area contributed by atoms with Crippen LogP contribution >= 0.6 is 0 Å². The maximum Gasteiger partial charge on any atom is 0.333 e. The molecule has 0 saturated carbocycles. The smallest absolute Gasteiger partial charge is 0.333 e. The predicted molar refractivity (Wildman–Crippen MR) is 110 cm³/mol. The number of ether oxygens (including phenoxy) is 3. The Hall–Kier alpha value is -1.66. The van der Waals surface area contributed by atoms with Crippen LogP contribution in [0.1, 0.15) is 72.6 Å². The lowest BCUT2D eigenvalue weighted by atomic mass is 9.81. The second-order valence-electron chi connectivity index (χ2n) is 8.99. The van der Waals surface area contributed by atoms with Crippen LogP contribution in [0.25, 0.3) is 0 Å². The van der Waals surface area contributed by atoms with Crippen LogP contribution in [-0.4, -0.2) is 47.6 Å². The molecule has 0 bridgehead atoms. The van der Waals surface area contributed by atoms with E-state index in [4.69, 9.17) is 14.2 Å². The van der Waals surface area contributed by atoms with E-state index < -0.39 is 23.6 Å². The number of hydrogen-bond donors (Lipinski definition) is 1. The lowest BCUT2D eigenvalue weighted by Gasteiger charge is -2.34. The Morgan fingerprint density at radius 1 is 1.28 bits per heavy atom. The summed E-state index contributed by atoms with van der Waals surface area (Å²) < 4.78 is 16.3. The Kier molecular flexibility index (Phi) is 7.68. The molecule has 29 heavy (non-hydrogen) atoms. The van der Waals surface area contributed by atoms with Gasteiger partial charge in [0.25, 0.3) is 0 Å². The first-order valence-corrected chi connectivity index (χ1v) is 10.5. The molecule has 0 radical (unpaired) electrons. The number of esters is 2. The maximum atomic E-state index is 12.1. The summed E-state index contributed by atoms with van der Waals surface area (Å²) in [5, 5.41) is 11.1. The summed E-state index contributed by atoms with van der Waals surface area (Å²) in [6, 6.07) is 0. The Morgan fingerprint density at radius 2 is 1.97 bits per heavy atom. The van der Waals surface area contributed by atoms with Crippen LogP contribution < -0.4 is 0 Å². The second kappa shape index (κ2) is 9.43. The first-order valence-electron chi connectivity index (χ1n) is 10.5. The lowest BCUT2D eigenvalue weighted by Crippen LogP contribution is -2.42. The van der Waals surface area contributed by atoms with E-state index in [1.165, 1.54) is 19.6 Å². The van der Waals surface area contributed by atoms with Crippen LogP contribution in [-0.2, 0) is 23.8 Å². The van der Waals surface area contributed by atoms with Crippen molar-refractivity contribution in [2.45, 2.75) is 96.1 Å². The largest absolute Gasteiger partial charge is 0.466 e. The summed E-state index contributed by atoms with van der Waals surface area (Å²) in [5.41, 5.74) is 0.220. The van der Waals surface area contributed by atoms with Gasteiger partial charge in [0.05, 0.1) is 24.4 Å². The van der Waals surface area contributed by atoms with Crippen LogP contribution in [0, 0.1) is 5.92 Å². The van der Waals surface area contributed by atoms with Crippen LogP contribution in [0.15, 0.2) is 23.8 Å². The van der Waals surface area contributed by atoms with E-state index in [0.717, 1.165) is 19.3 Å².